The van der Waals surface area contributed by atoms with Crippen molar-refractivity contribution in [2.45, 2.75) is 25.9 Å². The van der Waals surface area contributed by atoms with E-state index >= 15 is 0 Å². The van der Waals surface area contributed by atoms with Crippen molar-refractivity contribution in [3.8, 4) is 0 Å². The smallest absolute Gasteiger partial charge is 0.166 e. The fourth-order valence-corrected chi connectivity index (χ4v) is 1.92. The van der Waals surface area contributed by atoms with Crippen molar-refractivity contribution in [1.29, 1.82) is 0 Å². The van der Waals surface area contributed by atoms with Gasteiger partial charge in [0.2, 0.25) is 0 Å². The maximum atomic E-state index is 12.5. The Labute approximate surface area is 96.0 Å². The van der Waals surface area contributed by atoms with E-state index in [-0.39, 0.29) is 16.0 Å². The van der Waals surface area contributed by atoms with Gasteiger partial charge in [-0.1, -0.05) is 37.0 Å². The summed E-state index contributed by atoms with van der Waals surface area (Å²) in [6, 6.07) is 2.61. The molecule has 0 nitrogen and oxygen atoms in total. The molecule has 1 aromatic rings. The highest BCUT2D eigenvalue weighted by Gasteiger charge is 2.36. The zero-order chi connectivity index (χ0) is 11.8. The Morgan fingerprint density at radius 2 is 1.47 bits per heavy atom. The molecule has 1 aromatic carbocycles. The molecule has 0 heterocycles. The first-order valence-electron chi connectivity index (χ1n) is 4.29. The van der Waals surface area contributed by atoms with Gasteiger partial charge >= 0.3 is 6.18 Å². The van der Waals surface area contributed by atoms with Crippen LogP contribution in [-0.4, -0.2) is 0 Å². The van der Waals surface area contributed by atoms with E-state index in [0.717, 1.165) is 0 Å². The van der Waals surface area contributed by atoms with Crippen LogP contribution in [0.25, 0.3) is 0 Å². The molecule has 0 unspecified atom stereocenters. The van der Waals surface area contributed by atoms with Crippen LogP contribution >= 0.6 is 23.2 Å². The van der Waals surface area contributed by atoms with E-state index in [9.17, 15) is 13.2 Å². The van der Waals surface area contributed by atoms with Crippen molar-refractivity contribution in [3.05, 3.63) is 33.3 Å². The summed E-state index contributed by atoms with van der Waals surface area (Å²) >= 11 is 11.1. The molecule has 0 saturated heterocycles. The minimum Gasteiger partial charge on any atom is -0.166 e. The van der Waals surface area contributed by atoms with Gasteiger partial charge in [-0.05, 0) is 23.6 Å². The lowest BCUT2D eigenvalue weighted by Gasteiger charge is -2.14. The Morgan fingerprint density at radius 1 is 1.07 bits per heavy atom. The molecule has 0 aliphatic carbocycles. The largest absolute Gasteiger partial charge is 0.419 e. The maximum Gasteiger partial charge on any atom is 0.419 e. The molecule has 0 radical (unpaired) electrons. The predicted molar refractivity (Wildman–Crippen MR) is 55.6 cm³/mol. The molecule has 0 amide bonds. The van der Waals surface area contributed by atoms with Crippen LogP contribution < -0.4 is 0 Å². The Bertz CT molecular complexity index is 346. The van der Waals surface area contributed by atoms with Gasteiger partial charge in [-0.2, -0.15) is 13.2 Å². The third kappa shape index (κ3) is 2.79. The van der Waals surface area contributed by atoms with E-state index in [4.69, 9.17) is 23.2 Å². The summed E-state index contributed by atoms with van der Waals surface area (Å²) in [5, 5.41) is -0.697. The van der Waals surface area contributed by atoms with Gasteiger partial charge in [-0.25, -0.2) is 0 Å². The van der Waals surface area contributed by atoms with Crippen molar-refractivity contribution in [2.75, 3.05) is 0 Å². The highest BCUT2D eigenvalue weighted by Crippen LogP contribution is 2.41. The Morgan fingerprint density at radius 3 is 1.73 bits per heavy atom. The second-order valence-electron chi connectivity index (χ2n) is 3.51. The number of halogens is 5. The summed E-state index contributed by atoms with van der Waals surface area (Å²) in [5.74, 6) is 0.0854. The first-order chi connectivity index (χ1) is 6.73. The van der Waals surface area contributed by atoms with E-state index in [1.165, 1.54) is 12.1 Å². The van der Waals surface area contributed by atoms with Gasteiger partial charge in [-0.3, -0.25) is 0 Å². The van der Waals surface area contributed by atoms with Crippen LogP contribution in [0.2, 0.25) is 10.0 Å². The standard InChI is InChI=1S/C10H9Cl2F3/c1-5(2)6-3-7(11)9(8(12)4-6)10(13,14)15/h3-5H,1-2H3. The number of hydrogen-bond acceptors (Lipinski definition) is 0. The Balaban J connectivity index is 3.34. The molecule has 1 rings (SSSR count). The van der Waals surface area contributed by atoms with Gasteiger partial charge in [0.15, 0.2) is 0 Å². The first kappa shape index (κ1) is 12.7. The van der Waals surface area contributed by atoms with Crippen LogP contribution in [0.15, 0.2) is 12.1 Å². The lowest BCUT2D eigenvalue weighted by molar-refractivity contribution is -0.137. The summed E-state index contributed by atoms with van der Waals surface area (Å²) in [6.07, 6.45) is -4.51. The fourth-order valence-electron chi connectivity index (χ4n) is 1.20. The molecule has 15 heavy (non-hydrogen) atoms. The first-order valence-corrected chi connectivity index (χ1v) is 5.05. The summed E-state index contributed by atoms with van der Waals surface area (Å²) < 4.78 is 37.4. The van der Waals surface area contributed by atoms with Crippen LogP contribution in [0.3, 0.4) is 0 Å². The minimum atomic E-state index is -4.51. The quantitative estimate of drug-likeness (QED) is 0.653. The van der Waals surface area contributed by atoms with Crippen LogP contribution in [0.4, 0.5) is 13.2 Å². The molecule has 5 heteroatoms. The van der Waals surface area contributed by atoms with Crippen molar-refractivity contribution < 1.29 is 13.2 Å². The molecular weight excluding hydrogens is 248 g/mol. The van der Waals surface area contributed by atoms with E-state index in [0.29, 0.717) is 5.56 Å². The number of hydrogen-bond donors (Lipinski definition) is 0. The van der Waals surface area contributed by atoms with E-state index in [1.807, 2.05) is 13.8 Å². The fraction of sp³-hybridized carbons (Fsp3) is 0.400. The third-order valence-electron chi connectivity index (χ3n) is 2.01. The van der Waals surface area contributed by atoms with Crippen molar-refractivity contribution >= 4 is 23.2 Å². The molecule has 0 aliphatic rings. The van der Waals surface area contributed by atoms with Gasteiger partial charge in [0.05, 0.1) is 15.6 Å². The molecule has 0 bridgehead atoms. The van der Waals surface area contributed by atoms with Gasteiger partial charge < -0.3 is 0 Å². The average molecular weight is 257 g/mol. The Kier molecular flexibility index (Phi) is 3.56. The average Bonchev–Trinajstić information content (AvgIpc) is 1.99. The summed E-state index contributed by atoms with van der Waals surface area (Å²) in [7, 11) is 0. The molecule has 0 N–H and O–H groups in total. The maximum absolute atomic E-state index is 12.5. The molecule has 0 fully saturated rings. The second kappa shape index (κ2) is 4.22. The summed E-state index contributed by atoms with van der Waals surface area (Å²) in [6.45, 7) is 3.71. The zero-order valence-corrected chi connectivity index (χ0v) is 9.63. The van der Waals surface area contributed by atoms with Crippen molar-refractivity contribution in [2.24, 2.45) is 0 Å². The SMILES string of the molecule is CC(C)c1cc(Cl)c(C(F)(F)F)c(Cl)c1. The summed E-state index contributed by atoms with van der Waals surface area (Å²) in [5.41, 5.74) is -0.270. The van der Waals surface area contributed by atoms with E-state index in [2.05, 4.69) is 0 Å². The monoisotopic (exact) mass is 256 g/mol. The summed E-state index contributed by atoms with van der Waals surface area (Å²) in [4.78, 5) is 0. The van der Waals surface area contributed by atoms with Crippen molar-refractivity contribution in [1.82, 2.24) is 0 Å². The lowest BCUT2D eigenvalue weighted by Crippen LogP contribution is -2.07. The van der Waals surface area contributed by atoms with Gasteiger partial charge in [0.1, 0.15) is 0 Å². The zero-order valence-electron chi connectivity index (χ0n) is 8.12. The second-order valence-corrected chi connectivity index (χ2v) is 4.33. The van der Waals surface area contributed by atoms with Crippen LogP contribution in [0.1, 0.15) is 30.9 Å². The normalized spacial score (nSPS) is 12.3. The van der Waals surface area contributed by atoms with Crippen LogP contribution in [0.5, 0.6) is 0 Å². The molecule has 0 spiro atoms. The van der Waals surface area contributed by atoms with Gasteiger partial charge in [0, 0.05) is 0 Å². The topological polar surface area (TPSA) is 0 Å². The molecule has 0 aromatic heterocycles. The predicted octanol–water partition coefficient (Wildman–Crippen LogP) is 5.14. The minimum absolute atomic E-state index is 0.0854. The highest BCUT2D eigenvalue weighted by molar-refractivity contribution is 6.36. The lowest BCUT2D eigenvalue weighted by atomic mass is 10.0. The molecular formula is C10H9Cl2F3. The molecule has 0 atom stereocenters. The Hall–Kier alpha value is -0.410. The van der Waals surface area contributed by atoms with E-state index in [1.54, 1.807) is 0 Å². The van der Waals surface area contributed by atoms with Gasteiger partial charge in [0.25, 0.3) is 0 Å². The number of benzene rings is 1. The molecule has 0 aliphatic heterocycles. The number of rotatable bonds is 1. The van der Waals surface area contributed by atoms with Crippen LogP contribution in [0, 0.1) is 0 Å². The molecule has 0 saturated carbocycles. The van der Waals surface area contributed by atoms with E-state index < -0.39 is 11.7 Å². The third-order valence-corrected chi connectivity index (χ3v) is 2.61. The highest BCUT2D eigenvalue weighted by atomic mass is 35.5. The van der Waals surface area contributed by atoms with Crippen LogP contribution in [-0.2, 0) is 6.18 Å². The molecule has 84 valence electrons. The van der Waals surface area contributed by atoms with Crippen molar-refractivity contribution in [3.63, 3.8) is 0 Å². The van der Waals surface area contributed by atoms with Gasteiger partial charge in [-0.15, -0.1) is 0 Å². The number of alkyl halides is 3.